The first-order chi connectivity index (χ1) is 26.4. The molecule has 0 unspecified atom stereocenters. The first-order valence-corrected chi connectivity index (χ1v) is 25.3. The van der Waals surface area contributed by atoms with E-state index in [2.05, 4.69) is 127 Å². The number of hydrogen-bond donors (Lipinski definition) is 1. The molecular formula is C48H69NO5Si2. The topological polar surface area (TPSA) is 68.2 Å². The van der Waals surface area contributed by atoms with Gasteiger partial charge in [0.15, 0.2) is 8.32 Å². The molecular weight excluding hydrogens is 727 g/mol. The molecule has 4 aromatic carbocycles. The average Bonchev–Trinajstić information content (AvgIpc) is 3.18. The van der Waals surface area contributed by atoms with Crippen molar-refractivity contribution in [1.82, 2.24) is 4.90 Å². The predicted molar refractivity (Wildman–Crippen MR) is 237 cm³/mol. The Bertz CT molecular complexity index is 1700. The fourth-order valence-electron chi connectivity index (χ4n) is 7.31. The minimum absolute atomic E-state index is 0.00171. The van der Waals surface area contributed by atoms with Crippen molar-refractivity contribution in [1.29, 1.82) is 0 Å². The van der Waals surface area contributed by atoms with Crippen LogP contribution in [0.25, 0.3) is 0 Å². The molecule has 6 nitrogen and oxygen atoms in total. The third-order valence-corrected chi connectivity index (χ3v) is 21.5. The Morgan fingerprint density at radius 1 is 0.696 bits per heavy atom. The number of ether oxygens (including phenoxy) is 1. The van der Waals surface area contributed by atoms with Crippen molar-refractivity contribution in [2.45, 2.75) is 129 Å². The van der Waals surface area contributed by atoms with E-state index in [1.165, 1.54) is 10.4 Å². The summed E-state index contributed by atoms with van der Waals surface area (Å²) in [5.41, 5.74) is 1.91. The Balaban J connectivity index is 1.63. The van der Waals surface area contributed by atoms with Gasteiger partial charge in [-0.25, -0.2) is 0 Å². The number of amides is 1. The second-order valence-corrected chi connectivity index (χ2v) is 27.2. The number of benzene rings is 4. The van der Waals surface area contributed by atoms with Crippen molar-refractivity contribution in [3.8, 4) is 0 Å². The minimum Gasteiger partial charge on any atom is -0.414 e. The third kappa shape index (κ3) is 11.6. The van der Waals surface area contributed by atoms with E-state index in [1.807, 2.05) is 62.4 Å². The molecule has 4 aromatic rings. The van der Waals surface area contributed by atoms with Crippen molar-refractivity contribution in [3.63, 3.8) is 0 Å². The molecule has 56 heavy (non-hydrogen) atoms. The molecule has 1 N–H and O–H groups in total. The Hall–Kier alpha value is -3.38. The highest BCUT2D eigenvalue weighted by atomic mass is 28.4. The Kier molecular flexibility index (Phi) is 16.1. The van der Waals surface area contributed by atoms with Crippen molar-refractivity contribution < 1.29 is 23.5 Å². The fraction of sp³-hybridized carbons (Fsp3) is 0.479. The second kappa shape index (κ2) is 19.9. The van der Waals surface area contributed by atoms with Crippen molar-refractivity contribution in [2.24, 2.45) is 5.92 Å². The normalized spacial score (nSPS) is 15.4. The van der Waals surface area contributed by atoms with Crippen LogP contribution >= 0.6 is 0 Å². The van der Waals surface area contributed by atoms with Crippen molar-refractivity contribution in [2.75, 3.05) is 13.7 Å². The molecule has 8 heteroatoms. The van der Waals surface area contributed by atoms with Gasteiger partial charge in [-0.15, -0.1) is 0 Å². The maximum absolute atomic E-state index is 13.9. The molecule has 0 saturated carbocycles. The van der Waals surface area contributed by atoms with Crippen LogP contribution in [0, 0.1) is 5.92 Å². The molecule has 0 heterocycles. The zero-order valence-electron chi connectivity index (χ0n) is 36.0. The lowest BCUT2D eigenvalue weighted by molar-refractivity contribution is -0.138. The summed E-state index contributed by atoms with van der Waals surface area (Å²) in [7, 11) is -3.26. The van der Waals surface area contributed by atoms with E-state index in [9.17, 15) is 9.90 Å². The molecule has 5 atom stereocenters. The SMILES string of the molecule is C[C@H]([C@H](O)c1ccccc1)N(C)C(=O)[C@@H](C)CC[C@@H](C[C@H](CO[Si](c1ccccc1)(c1ccccc1)C(C)(C)C)OCc1ccccc1)O[Si](C)(C)C(C)(C)C. The minimum atomic E-state index is -2.84. The van der Waals surface area contributed by atoms with Crippen LogP contribution in [0.15, 0.2) is 121 Å². The molecule has 1 amide bonds. The van der Waals surface area contributed by atoms with E-state index in [0.29, 0.717) is 32.5 Å². The van der Waals surface area contributed by atoms with Gasteiger partial charge in [0.25, 0.3) is 8.32 Å². The quantitative estimate of drug-likeness (QED) is 0.0958. The number of carbonyl (C=O) groups is 1. The van der Waals surface area contributed by atoms with Crippen LogP contribution < -0.4 is 10.4 Å². The lowest BCUT2D eigenvalue weighted by atomic mass is 9.97. The molecule has 0 aliphatic rings. The lowest BCUT2D eigenvalue weighted by Crippen LogP contribution is -2.67. The van der Waals surface area contributed by atoms with E-state index in [1.54, 1.807) is 11.9 Å². The Morgan fingerprint density at radius 3 is 1.66 bits per heavy atom. The predicted octanol–water partition coefficient (Wildman–Crippen LogP) is 9.93. The van der Waals surface area contributed by atoms with Crippen LogP contribution in [0.5, 0.6) is 0 Å². The van der Waals surface area contributed by atoms with Gasteiger partial charge in [0.2, 0.25) is 5.91 Å². The van der Waals surface area contributed by atoms with E-state index < -0.39 is 22.7 Å². The van der Waals surface area contributed by atoms with Gasteiger partial charge in [-0.1, -0.05) is 170 Å². The summed E-state index contributed by atoms with van der Waals surface area (Å²) in [5, 5.41) is 13.4. The first-order valence-electron chi connectivity index (χ1n) is 20.5. The molecule has 0 radical (unpaired) electrons. The lowest BCUT2D eigenvalue weighted by Gasteiger charge is -2.44. The Morgan fingerprint density at radius 2 is 1.18 bits per heavy atom. The number of nitrogens with zero attached hydrogens (tertiary/aromatic N) is 1. The van der Waals surface area contributed by atoms with Gasteiger partial charge in [-0.2, -0.15) is 0 Å². The van der Waals surface area contributed by atoms with Crippen molar-refractivity contribution >= 4 is 32.9 Å². The maximum Gasteiger partial charge on any atom is 0.261 e. The summed E-state index contributed by atoms with van der Waals surface area (Å²) >= 11 is 0. The molecule has 0 saturated heterocycles. The van der Waals surface area contributed by atoms with E-state index >= 15 is 0 Å². The number of likely N-dealkylation sites (N-methyl/N-ethyl adjacent to an activating group) is 1. The molecule has 4 rings (SSSR count). The molecule has 0 spiro atoms. The highest BCUT2D eigenvalue weighted by Crippen LogP contribution is 2.40. The summed E-state index contributed by atoms with van der Waals surface area (Å²) in [5.74, 6) is -0.238. The second-order valence-electron chi connectivity index (χ2n) is 18.2. The van der Waals surface area contributed by atoms with E-state index in [-0.39, 0.29) is 40.2 Å². The standard InChI is InChI=1S/C48H69NO5Si2/c1-37(46(51)49(9)38(2)45(50)40-26-18-13-19-27-40)32-33-41(54-55(10,11)47(3,4)5)34-42(52-35-39-24-16-12-17-25-39)36-53-56(48(6,7)8,43-28-20-14-21-29-43)44-30-22-15-23-31-44/h12-31,37-38,41-42,45,50H,32-36H2,1-11H3/t37-,38+,41-,42+,45-/m0/s1. The van der Waals surface area contributed by atoms with Crippen LogP contribution in [0.4, 0.5) is 0 Å². The summed E-state index contributed by atoms with van der Waals surface area (Å²) in [6.07, 6.45) is 0.807. The molecule has 304 valence electrons. The molecule has 0 aliphatic carbocycles. The van der Waals surface area contributed by atoms with Crippen LogP contribution in [0.3, 0.4) is 0 Å². The van der Waals surface area contributed by atoms with Crippen LogP contribution in [-0.4, -0.2) is 64.5 Å². The maximum atomic E-state index is 13.9. The van der Waals surface area contributed by atoms with Crippen LogP contribution in [-0.2, 0) is 25.0 Å². The number of aliphatic hydroxyl groups excluding tert-OH is 1. The number of rotatable bonds is 19. The largest absolute Gasteiger partial charge is 0.414 e. The molecule has 0 aromatic heterocycles. The van der Waals surface area contributed by atoms with Gasteiger partial charge in [0.05, 0.1) is 31.5 Å². The summed E-state index contributed by atoms with van der Waals surface area (Å²) in [6, 6.07) is 41.0. The highest BCUT2D eigenvalue weighted by Gasteiger charge is 2.50. The summed E-state index contributed by atoms with van der Waals surface area (Å²) < 4.78 is 21.6. The smallest absolute Gasteiger partial charge is 0.261 e. The van der Waals surface area contributed by atoms with Gasteiger partial charge >= 0.3 is 0 Å². The Labute approximate surface area is 340 Å². The third-order valence-electron chi connectivity index (χ3n) is 11.9. The number of carbonyl (C=O) groups excluding carboxylic acids is 1. The zero-order chi connectivity index (χ0) is 41.1. The number of hydrogen-bond acceptors (Lipinski definition) is 5. The average molecular weight is 796 g/mol. The van der Waals surface area contributed by atoms with Crippen LogP contribution in [0.1, 0.15) is 91.9 Å². The fourth-order valence-corrected chi connectivity index (χ4v) is 13.3. The molecule has 0 fully saturated rings. The monoisotopic (exact) mass is 795 g/mol. The van der Waals surface area contributed by atoms with E-state index in [4.69, 9.17) is 13.6 Å². The molecule has 0 bridgehead atoms. The first kappa shape index (κ1) is 45.3. The summed E-state index contributed by atoms with van der Waals surface area (Å²) in [6.45, 7) is 23.1. The van der Waals surface area contributed by atoms with Crippen molar-refractivity contribution in [3.05, 3.63) is 132 Å². The van der Waals surface area contributed by atoms with Gasteiger partial charge in [-0.05, 0) is 64.4 Å². The summed E-state index contributed by atoms with van der Waals surface area (Å²) in [4.78, 5) is 15.6. The van der Waals surface area contributed by atoms with Gasteiger partial charge in [0.1, 0.15) is 0 Å². The van der Waals surface area contributed by atoms with Gasteiger partial charge in [-0.3, -0.25) is 4.79 Å². The molecule has 0 aliphatic heterocycles. The van der Waals surface area contributed by atoms with Gasteiger partial charge < -0.3 is 23.6 Å². The highest BCUT2D eigenvalue weighted by molar-refractivity contribution is 6.99. The van der Waals surface area contributed by atoms with Crippen LogP contribution in [0.2, 0.25) is 23.2 Å². The zero-order valence-corrected chi connectivity index (χ0v) is 38.0. The van der Waals surface area contributed by atoms with E-state index in [0.717, 1.165) is 11.1 Å². The number of aliphatic hydroxyl groups is 1. The van der Waals surface area contributed by atoms with Gasteiger partial charge in [0, 0.05) is 25.5 Å².